The van der Waals surface area contributed by atoms with Crippen LogP contribution >= 0.6 is 15.9 Å². The monoisotopic (exact) mass is 323 g/mol. The minimum absolute atomic E-state index is 0.316. The van der Waals surface area contributed by atoms with Crippen LogP contribution in [0.15, 0.2) is 28.7 Å². The third kappa shape index (κ3) is 4.07. The zero-order valence-electron chi connectivity index (χ0n) is 11.7. The van der Waals surface area contributed by atoms with Crippen molar-refractivity contribution in [1.29, 1.82) is 0 Å². The van der Waals surface area contributed by atoms with Crippen molar-refractivity contribution in [1.82, 2.24) is 4.90 Å². The Balaban J connectivity index is 2.00. The lowest BCUT2D eigenvalue weighted by Crippen LogP contribution is -2.39. The number of carbonyl (C=O) groups excluding carboxylic acids is 1. The Morgan fingerprint density at radius 2 is 2.05 bits per heavy atom. The summed E-state index contributed by atoms with van der Waals surface area (Å²) in [7, 11) is 0. The lowest BCUT2D eigenvalue weighted by atomic mass is 9.90. The molecule has 1 aliphatic heterocycles. The van der Waals surface area contributed by atoms with Crippen molar-refractivity contribution in [3.05, 3.63) is 34.3 Å². The number of piperidine rings is 1. The number of benzene rings is 1. The molecule has 1 fully saturated rings. The van der Waals surface area contributed by atoms with E-state index in [-0.39, 0.29) is 0 Å². The second-order valence-electron chi connectivity index (χ2n) is 5.83. The van der Waals surface area contributed by atoms with Gasteiger partial charge in [0.25, 0.3) is 0 Å². The molecule has 1 saturated heterocycles. The maximum absolute atomic E-state index is 12.2. The Bertz CT molecular complexity index is 427. The fourth-order valence-corrected chi connectivity index (χ4v) is 2.95. The van der Waals surface area contributed by atoms with Crippen LogP contribution in [-0.4, -0.2) is 23.9 Å². The average Bonchev–Trinajstić information content (AvgIpc) is 2.39. The van der Waals surface area contributed by atoms with Crippen LogP contribution in [-0.2, 0) is 4.79 Å². The summed E-state index contributed by atoms with van der Waals surface area (Å²) in [5.74, 6) is 1.26. The van der Waals surface area contributed by atoms with Gasteiger partial charge in [-0.15, -0.1) is 0 Å². The van der Waals surface area contributed by atoms with Crippen molar-refractivity contribution in [3.63, 3.8) is 0 Å². The van der Waals surface area contributed by atoms with Crippen LogP contribution in [0.1, 0.15) is 44.6 Å². The van der Waals surface area contributed by atoms with Crippen molar-refractivity contribution in [3.8, 4) is 0 Å². The molecule has 1 unspecified atom stereocenters. The van der Waals surface area contributed by atoms with E-state index >= 15 is 0 Å². The van der Waals surface area contributed by atoms with Gasteiger partial charge in [0, 0.05) is 29.9 Å². The van der Waals surface area contributed by atoms with Crippen molar-refractivity contribution in [2.45, 2.75) is 39.0 Å². The quantitative estimate of drug-likeness (QED) is 0.816. The molecule has 1 heterocycles. The van der Waals surface area contributed by atoms with E-state index in [2.05, 4.69) is 58.9 Å². The summed E-state index contributed by atoms with van der Waals surface area (Å²) in [5.41, 5.74) is 1.35. The smallest absolute Gasteiger partial charge is 0.222 e. The average molecular weight is 324 g/mol. The third-order valence-corrected chi connectivity index (χ3v) is 4.23. The summed E-state index contributed by atoms with van der Waals surface area (Å²) >= 11 is 3.47. The van der Waals surface area contributed by atoms with Gasteiger partial charge in [-0.1, -0.05) is 41.9 Å². The van der Waals surface area contributed by atoms with E-state index in [4.69, 9.17) is 0 Å². The summed E-state index contributed by atoms with van der Waals surface area (Å²) in [6.45, 7) is 6.02. The standard InChI is InChI=1S/C16H22BrNO/c1-12(2)10-16(19)18-9-3-4-14(11-18)13-5-7-15(17)8-6-13/h5-8,12,14H,3-4,9-11H2,1-2H3. The van der Waals surface area contributed by atoms with E-state index < -0.39 is 0 Å². The number of hydrogen-bond donors (Lipinski definition) is 0. The van der Waals surface area contributed by atoms with Gasteiger partial charge < -0.3 is 4.90 Å². The number of amides is 1. The van der Waals surface area contributed by atoms with E-state index in [1.54, 1.807) is 0 Å². The highest BCUT2D eigenvalue weighted by molar-refractivity contribution is 9.10. The molecule has 19 heavy (non-hydrogen) atoms. The number of halogens is 1. The minimum atomic E-state index is 0.316. The molecule has 2 rings (SSSR count). The lowest BCUT2D eigenvalue weighted by molar-refractivity contribution is -0.133. The molecule has 1 aromatic carbocycles. The van der Waals surface area contributed by atoms with Gasteiger partial charge in [-0.25, -0.2) is 0 Å². The molecule has 0 bridgehead atoms. The number of nitrogens with zero attached hydrogens (tertiary/aromatic N) is 1. The molecule has 0 aliphatic carbocycles. The molecule has 0 N–H and O–H groups in total. The SMILES string of the molecule is CC(C)CC(=O)N1CCCC(c2ccc(Br)cc2)C1. The van der Waals surface area contributed by atoms with Gasteiger partial charge in [0.1, 0.15) is 0 Å². The van der Waals surface area contributed by atoms with Crippen molar-refractivity contribution >= 4 is 21.8 Å². The van der Waals surface area contributed by atoms with Gasteiger partial charge in [0.05, 0.1) is 0 Å². The Morgan fingerprint density at radius 3 is 2.68 bits per heavy atom. The molecule has 2 nitrogen and oxygen atoms in total. The Kier molecular flexibility index (Phi) is 5.03. The number of hydrogen-bond acceptors (Lipinski definition) is 1. The van der Waals surface area contributed by atoms with E-state index in [0.29, 0.717) is 24.2 Å². The summed E-state index contributed by atoms with van der Waals surface area (Å²) in [6.07, 6.45) is 2.98. The van der Waals surface area contributed by atoms with Crippen LogP contribution in [0.3, 0.4) is 0 Å². The molecule has 104 valence electrons. The van der Waals surface area contributed by atoms with Crippen LogP contribution in [0.25, 0.3) is 0 Å². The first kappa shape index (κ1) is 14.6. The molecule has 1 aromatic rings. The minimum Gasteiger partial charge on any atom is -0.342 e. The summed E-state index contributed by atoms with van der Waals surface area (Å²) in [6, 6.07) is 8.52. The van der Waals surface area contributed by atoms with Crippen LogP contribution in [0.4, 0.5) is 0 Å². The highest BCUT2D eigenvalue weighted by Crippen LogP contribution is 2.28. The van der Waals surface area contributed by atoms with Gasteiger partial charge in [-0.05, 0) is 36.5 Å². The second-order valence-corrected chi connectivity index (χ2v) is 6.74. The maximum Gasteiger partial charge on any atom is 0.222 e. The zero-order chi connectivity index (χ0) is 13.8. The van der Waals surface area contributed by atoms with Crippen LogP contribution in [0.2, 0.25) is 0 Å². The van der Waals surface area contributed by atoms with Crippen LogP contribution in [0.5, 0.6) is 0 Å². The third-order valence-electron chi connectivity index (χ3n) is 3.70. The van der Waals surface area contributed by atoms with E-state index in [1.807, 2.05) is 0 Å². The molecule has 3 heteroatoms. The molecule has 1 aliphatic rings. The number of likely N-dealkylation sites (tertiary alicyclic amines) is 1. The number of rotatable bonds is 3. The molecular formula is C16H22BrNO. The molecule has 1 amide bonds. The van der Waals surface area contributed by atoms with Crippen molar-refractivity contribution in [2.24, 2.45) is 5.92 Å². The maximum atomic E-state index is 12.2. The fraction of sp³-hybridized carbons (Fsp3) is 0.562. The van der Waals surface area contributed by atoms with Crippen LogP contribution in [0, 0.1) is 5.92 Å². The topological polar surface area (TPSA) is 20.3 Å². The second kappa shape index (κ2) is 6.56. The predicted octanol–water partition coefficient (Wildman–Crippen LogP) is 4.20. The highest BCUT2D eigenvalue weighted by atomic mass is 79.9. The molecule has 0 aromatic heterocycles. The molecule has 1 atom stereocenters. The Labute approximate surface area is 124 Å². The zero-order valence-corrected chi connectivity index (χ0v) is 13.3. The van der Waals surface area contributed by atoms with E-state index in [9.17, 15) is 4.79 Å². The van der Waals surface area contributed by atoms with E-state index in [1.165, 1.54) is 12.0 Å². The fourth-order valence-electron chi connectivity index (χ4n) is 2.69. The van der Waals surface area contributed by atoms with Gasteiger partial charge in [-0.3, -0.25) is 4.79 Å². The largest absolute Gasteiger partial charge is 0.342 e. The first-order valence-electron chi connectivity index (χ1n) is 7.09. The van der Waals surface area contributed by atoms with Gasteiger partial charge in [0.2, 0.25) is 5.91 Å². The van der Waals surface area contributed by atoms with Crippen molar-refractivity contribution in [2.75, 3.05) is 13.1 Å². The summed E-state index contributed by atoms with van der Waals surface area (Å²) < 4.78 is 1.11. The molecule has 0 spiro atoms. The number of carbonyl (C=O) groups is 1. The Hall–Kier alpha value is -0.830. The normalized spacial score (nSPS) is 19.8. The Morgan fingerprint density at radius 1 is 1.37 bits per heavy atom. The van der Waals surface area contributed by atoms with Gasteiger partial charge in [-0.2, -0.15) is 0 Å². The van der Waals surface area contributed by atoms with Crippen molar-refractivity contribution < 1.29 is 4.79 Å². The summed E-state index contributed by atoms with van der Waals surface area (Å²) in [5, 5.41) is 0. The van der Waals surface area contributed by atoms with Gasteiger partial charge in [0.15, 0.2) is 0 Å². The summed E-state index contributed by atoms with van der Waals surface area (Å²) in [4.78, 5) is 14.2. The molecular weight excluding hydrogens is 302 g/mol. The predicted molar refractivity (Wildman–Crippen MR) is 82.2 cm³/mol. The van der Waals surface area contributed by atoms with Gasteiger partial charge >= 0.3 is 0 Å². The van der Waals surface area contributed by atoms with Crippen LogP contribution < -0.4 is 0 Å². The van der Waals surface area contributed by atoms with E-state index in [0.717, 1.165) is 24.0 Å². The highest BCUT2D eigenvalue weighted by Gasteiger charge is 2.24. The first-order chi connectivity index (χ1) is 9.06. The lowest BCUT2D eigenvalue weighted by Gasteiger charge is -2.33. The first-order valence-corrected chi connectivity index (χ1v) is 7.89. The molecule has 0 saturated carbocycles. The molecule has 0 radical (unpaired) electrons.